The fourth-order valence-corrected chi connectivity index (χ4v) is 12.1. The molecule has 4 atom stereocenters. The predicted molar refractivity (Wildman–Crippen MR) is 231 cm³/mol. The number of nitrogens with zero attached hydrogens (tertiary/aromatic N) is 2. The molecule has 4 bridgehead atoms. The summed E-state index contributed by atoms with van der Waals surface area (Å²) in [6.45, 7) is 4.01. The molecule has 4 fully saturated rings. The van der Waals surface area contributed by atoms with Crippen molar-refractivity contribution in [2.24, 2.45) is 11.8 Å². The van der Waals surface area contributed by atoms with Crippen molar-refractivity contribution in [1.29, 1.82) is 0 Å². The Morgan fingerprint density at radius 1 is 0.439 bits per heavy atom. The van der Waals surface area contributed by atoms with Gasteiger partial charge in [0, 0.05) is 49.3 Å². The Morgan fingerprint density at radius 2 is 0.754 bits per heavy atom. The number of carbonyl (C=O) groups excluding carboxylic acids is 2. The monoisotopic (exact) mass is 779 g/mol. The number of rotatable bonds is 20. The van der Waals surface area contributed by atoms with E-state index < -0.39 is 0 Å². The van der Waals surface area contributed by atoms with Crippen LogP contribution in [-0.2, 0) is 0 Å². The summed E-state index contributed by atoms with van der Waals surface area (Å²) in [6, 6.07) is 21.6. The van der Waals surface area contributed by atoms with Crippen molar-refractivity contribution in [3.05, 3.63) is 70.8 Å². The van der Waals surface area contributed by atoms with Crippen LogP contribution in [0.4, 0.5) is 9.59 Å². The minimum atomic E-state index is 0.0288. The van der Waals surface area contributed by atoms with Gasteiger partial charge in [0.1, 0.15) is 0 Å². The Morgan fingerprint density at radius 3 is 1.09 bits per heavy atom. The van der Waals surface area contributed by atoms with Gasteiger partial charge in [0.25, 0.3) is 0 Å². The Balaban J connectivity index is 0.562. The van der Waals surface area contributed by atoms with E-state index in [-0.39, 0.29) is 12.1 Å². The number of fused-ring (bicyclic) bond motifs is 10. The first-order valence-corrected chi connectivity index (χ1v) is 23.9. The largest absolute Gasteiger partial charge is 0.338 e. The molecule has 4 aliphatic heterocycles. The van der Waals surface area contributed by atoms with E-state index in [1.54, 1.807) is 22.3 Å². The number of urea groups is 2. The van der Waals surface area contributed by atoms with Crippen LogP contribution in [0.25, 0.3) is 0 Å². The maximum Gasteiger partial charge on any atom is 0.315 e. The van der Waals surface area contributed by atoms with Gasteiger partial charge in [0.15, 0.2) is 0 Å². The molecule has 6 aliphatic rings. The summed E-state index contributed by atoms with van der Waals surface area (Å²) < 4.78 is 0. The molecule has 0 aromatic heterocycles. The van der Waals surface area contributed by atoms with Crippen LogP contribution in [0, 0.1) is 11.8 Å². The number of hydrogen-bond acceptors (Lipinski definition) is 4. The zero-order valence-corrected chi connectivity index (χ0v) is 35.0. The number of hydrogen-bond donors (Lipinski definition) is 4. The van der Waals surface area contributed by atoms with Gasteiger partial charge < -0.3 is 21.3 Å². The van der Waals surface area contributed by atoms with E-state index in [2.05, 4.69) is 79.6 Å². The highest BCUT2D eigenvalue weighted by atomic mass is 16.2. The number of amides is 4. The number of unbranched alkanes of at least 4 members (excludes halogenated alkanes) is 8. The zero-order valence-electron chi connectivity index (χ0n) is 35.0. The summed E-state index contributed by atoms with van der Waals surface area (Å²) in [5.41, 5.74) is 6.36. The summed E-state index contributed by atoms with van der Waals surface area (Å²) in [7, 11) is 0. The van der Waals surface area contributed by atoms with Gasteiger partial charge in [-0.3, -0.25) is 9.80 Å². The molecule has 57 heavy (non-hydrogen) atoms. The maximum atomic E-state index is 12.5. The lowest BCUT2D eigenvalue weighted by atomic mass is 9.84. The first-order chi connectivity index (χ1) is 28.1. The Hall–Kier alpha value is -3.10. The molecule has 4 unspecified atom stereocenters. The SMILES string of the molecule is O=C(NCCCCCCCCCCCNC(=O)NC1CCC(CCN2C3CCC2c2ccccc23)CC1)NC1CCC(CCN2C3CCC2c2ccccc23)CC1. The van der Waals surface area contributed by atoms with Crippen LogP contribution in [0.3, 0.4) is 0 Å². The van der Waals surface area contributed by atoms with Gasteiger partial charge in [-0.05, 0) is 150 Å². The summed E-state index contributed by atoms with van der Waals surface area (Å²) in [5, 5.41) is 12.8. The molecule has 2 saturated heterocycles. The van der Waals surface area contributed by atoms with E-state index in [0.29, 0.717) is 36.3 Å². The van der Waals surface area contributed by atoms with Crippen molar-refractivity contribution < 1.29 is 9.59 Å². The highest BCUT2D eigenvalue weighted by Gasteiger charge is 2.44. The van der Waals surface area contributed by atoms with Crippen molar-refractivity contribution in [3.8, 4) is 0 Å². The third-order valence-electron chi connectivity index (χ3n) is 15.3. The quantitative estimate of drug-likeness (QED) is 0.101. The molecule has 8 rings (SSSR count). The van der Waals surface area contributed by atoms with Gasteiger partial charge in [-0.25, -0.2) is 9.59 Å². The number of nitrogens with one attached hydrogen (secondary N) is 4. The van der Waals surface area contributed by atoms with Crippen LogP contribution in [0.1, 0.15) is 194 Å². The zero-order chi connectivity index (χ0) is 38.8. The number of carbonyl (C=O) groups is 2. The van der Waals surface area contributed by atoms with Crippen LogP contribution < -0.4 is 21.3 Å². The van der Waals surface area contributed by atoms with Gasteiger partial charge >= 0.3 is 12.1 Å². The van der Waals surface area contributed by atoms with Crippen LogP contribution in [0.5, 0.6) is 0 Å². The minimum Gasteiger partial charge on any atom is -0.338 e. The molecule has 2 aromatic carbocycles. The fourth-order valence-electron chi connectivity index (χ4n) is 12.1. The van der Waals surface area contributed by atoms with Gasteiger partial charge in [-0.1, -0.05) is 93.5 Å². The van der Waals surface area contributed by atoms with E-state index in [1.807, 2.05) is 0 Å². The molecule has 0 radical (unpaired) electrons. The van der Waals surface area contributed by atoms with Crippen molar-refractivity contribution in [2.75, 3.05) is 26.2 Å². The van der Waals surface area contributed by atoms with Crippen LogP contribution in [0.2, 0.25) is 0 Å². The van der Waals surface area contributed by atoms with Gasteiger partial charge in [0.2, 0.25) is 0 Å². The normalized spacial score (nSPS) is 28.9. The molecular formula is C49H74N6O2. The molecule has 2 aliphatic carbocycles. The van der Waals surface area contributed by atoms with E-state index in [9.17, 15) is 9.59 Å². The van der Waals surface area contributed by atoms with Gasteiger partial charge in [-0.2, -0.15) is 0 Å². The summed E-state index contributed by atoms with van der Waals surface area (Å²) >= 11 is 0. The summed E-state index contributed by atoms with van der Waals surface area (Å²) in [4.78, 5) is 30.7. The minimum absolute atomic E-state index is 0.0288. The molecule has 8 nitrogen and oxygen atoms in total. The third kappa shape index (κ3) is 10.4. The topological polar surface area (TPSA) is 88.7 Å². The molecule has 4 amide bonds. The molecule has 4 heterocycles. The Kier molecular flexibility index (Phi) is 14.4. The highest BCUT2D eigenvalue weighted by molar-refractivity contribution is 5.74. The van der Waals surface area contributed by atoms with Crippen molar-refractivity contribution in [1.82, 2.24) is 31.1 Å². The van der Waals surface area contributed by atoms with E-state index in [1.165, 1.54) is 122 Å². The lowest BCUT2D eigenvalue weighted by Crippen LogP contribution is -2.44. The lowest BCUT2D eigenvalue weighted by molar-refractivity contribution is 0.185. The van der Waals surface area contributed by atoms with Crippen molar-refractivity contribution >= 4 is 12.1 Å². The first-order valence-electron chi connectivity index (χ1n) is 23.9. The van der Waals surface area contributed by atoms with Crippen molar-refractivity contribution in [3.63, 3.8) is 0 Å². The smallest absolute Gasteiger partial charge is 0.315 e. The Bertz CT molecular complexity index is 1410. The van der Waals surface area contributed by atoms with Crippen LogP contribution >= 0.6 is 0 Å². The standard InChI is InChI=1S/C49H74N6O2/c56-48(52-38-22-18-36(19-23-38)30-34-54-44-26-27-45(54)41-15-9-8-14-40(41)44)50-32-12-6-4-2-1-3-5-7-13-33-51-49(57)53-39-24-20-37(21-25-39)31-35-55-46-28-29-47(55)43-17-11-10-16-42(43)46/h8-11,14-17,36-39,44-47H,1-7,12-13,18-35H2,(H2,50,52,56)(H2,51,53,57). The molecule has 2 aromatic rings. The second-order valence-corrected chi connectivity index (χ2v) is 18.9. The molecular weight excluding hydrogens is 705 g/mol. The molecule has 0 spiro atoms. The fraction of sp³-hybridized carbons (Fsp3) is 0.714. The van der Waals surface area contributed by atoms with Gasteiger partial charge in [0.05, 0.1) is 0 Å². The summed E-state index contributed by atoms with van der Waals surface area (Å²) in [6.07, 6.45) is 28.2. The summed E-state index contributed by atoms with van der Waals surface area (Å²) in [5.74, 6) is 1.60. The van der Waals surface area contributed by atoms with Crippen LogP contribution in [0.15, 0.2) is 48.5 Å². The second-order valence-electron chi connectivity index (χ2n) is 18.9. The Labute approximate surface area is 344 Å². The highest BCUT2D eigenvalue weighted by Crippen LogP contribution is 2.54. The number of benzene rings is 2. The third-order valence-corrected chi connectivity index (χ3v) is 15.3. The van der Waals surface area contributed by atoms with Crippen molar-refractivity contribution in [2.45, 2.75) is 184 Å². The van der Waals surface area contributed by atoms with Crippen LogP contribution in [-0.4, -0.2) is 60.1 Å². The molecule has 8 heteroatoms. The van der Waals surface area contributed by atoms with E-state index >= 15 is 0 Å². The van der Waals surface area contributed by atoms with E-state index in [0.717, 1.165) is 63.5 Å². The average molecular weight is 779 g/mol. The molecule has 2 saturated carbocycles. The lowest BCUT2D eigenvalue weighted by Gasteiger charge is -2.31. The van der Waals surface area contributed by atoms with E-state index in [4.69, 9.17) is 0 Å². The first kappa shape index (κ1) is 40.7. The maximum absolute atomic E-state index is 12.5. The molecule has 312 valence electrons. The van der Waals surface area contributed by atoms with Gasteiger partial charge in [-0.15, -0.1) is 0 Å². The predicted octanol–water partition coefficient (Wildman–Crippen LogP) is 10.8. The second kappa shape index (κ2) is 20.2. The average Bonchev–Trinajstić information content (AvgIpc) is 4.00. The molecule has 4 N–H and O–H groups in total.